The minimum Gasteiger partial charge on any atom is -0.497 e. The van der Waals surface area contributed by atoms with Gasteiger partial charge in [-0.05, 0) is 53.6 Å². The van der Waals surface area contributed by atoms with Crippen LogP contribution >= 0.6 is 23.2 Å². The number of rotatable bonds is 15. The van der Waals surface area contributed by atoms with Gasteiger partial charge in [-0.15, -0.1) is 0 Å². The Hall–Kier alpha value is -5.58. The lowest BCUT2D eigenvalue weighted by atomic mass is 10.2. The van der Waals surface area contributed by atoms with Crippen LogP contribution in [0.25, 0.3) is 21.8 Å². The van der Waals surface area contributed by atoms with Crippen molar-refractivity contribution in [3.05, 3.63) is 104 Å². The van der Waals surface area contributed by atoms with E-state index in [4.69, 9.17) is 38.4 Å². The maximum atomic E-state index is 13.1. The molecule has 0 saturated heterocycles. The molecule has 60 heavy (non-hydrogen) atoms. The molecule has 0 atom stereocenters. The summed E-state index contributed by atoms with van der Waals surface area (Å²) in [6.07, 6.45) is -3.67. The molecular formula is C36H36Cl2F4N8O8S2. The zero-order chi connectivity index (χ0) is 44.3. The second-order valence-corrected chi connectivity index (χ2v) is 17.6. The number of sulfonamides is 2. The van der Waals surface area contributed by atoms with E-state index in [9.17, 15) is 44.5 Å². The summed E-state index contributed by atoms with van der Waals surface area (Å²) in [5.74, 6) is 0.834. The third-order valence-corrected chi connectivity index (χ3v) is 11.6. The van der Waals surface area contributed by atoms with E-state index in [0.717, 1.165) is 31.9 Å². The lowest BCUT2D eigenvalue weighted by molar-refractivity contribution is -0.383. The Morgan fingerprint density at radius 3 is 1.45 bits per heavy atom. The average molecular weight is 920 g/mol. The summed E-state index contributed by atoms with van der Waals surface area (Å²) in [5, 5.41) is 19.8. The highest BCUT2D eigenvalue weighted by Crippen LogP contribution is 2.40. The Morgan fingerprint density at radius 2 is 1.08 bits per heavy atom. The number of non-ortho nitro benzene ring substituents is 1. The quantitative estimate of drug-likeness (QED) is 0.0468. The Labute approximate surface area is 350 Å². The number of halogens is 6. The number of ether oxygens (including phenoxy) is 2. The van der Waals surface area contributed by atoms with Crippen LogP contribution in [0, 0.1) is 10.1 Å². The second kappa shape index (κ2) is 18.4. The number of fused-ring (bicyclic) bond motifs is 2. The second-order valence-electron chi connectivity index (χ2n) is 12.9. The number of nitrogen functional groups attached to an aromatic ring is 1. The normalized spacial score (nSPS) is 11.9. The predicted octanol–water partition coefficient (Wildman–Crippen LogP) is 7.35. The molecule has 0 aliphatic heterocycles. The number of aromatic nitrogens is 4. The van der Waals surface area contributed by atoms with Gasteiger partial charge in [0.15, 0.2) is 11.6 Å². The molecule has 0 saturated carbocycles. The molecule has 0 bridgehead atoms. The SMILES string of the molecule is COc1ccc(CN(c2nn(CC(F)F)c3c(N)ccc(Cl)c23)S(C)(=O)=O)cc1.COc1ccc(CN(c2nn(CC(F)F)c3c([N+](=O)[O-])ccc(Cl)c23)S(C)(=O)=O)cc1. The van der Waals surface area contributed by atoms with Crippen LogP contribution in [0.4, 0.5) is 40.6 Å². The minimum atomic E-state index is -3.98. The number of hydrogen-bond donors (Lipinski definition) is 1. The van der Waals surface area contributed by atoms with Gasteiger partial charge in [-0.2, -0.15) is 10.2 Å². The highest BCUT2D eigenvalue weighted by atomic mass is 35.5. The van der Waals surface area contributed by atoms with E-state index in [1.807, 2.05) is 0 Å². The summed E-state index contributed by atoms with van der Waals surface area (Å²) in [7, 11) is -4.81. The molecule has 2 aromatic heterocycles. The molecule has 6 rings (SSSR count). The first-order chi connectivity index (χ1) is 28.1. The third kappa shape index (κ3) is 10.2. The number of anilines is 3. The number of hydrogen-bond acceptors (Lipinski definition) is 11. The van der Waals surface area contributed by atoms with Gasteiger partial charge in [-0.3, -0.25) is 14.8 Å². The number of methoxy groups -OCH3 is 2. The van der Waals surface area contributed by atoms with Crippen LogP contribution in [0.3, 0.4) is 0 Å². The van der Waals surface area contributed by atoms with Crippen molar-refractivity contribution >= 4 is 88.1 Å². The van der Waals surface area contributed by atoms with Crippen molar-refractivity contribution < 1.29 is 48.8 Å². The summed E-state index contributed by atoms with van der Waals surface area (Å²) in [4.78, 5) is 10.7. The van der Waals surface area contributed by atoms with Gasteiger partial charge in [0.05, 0.1) is 76.8 Å². The molecule has 0 spiro atoms. The maximum absolute atomic E-state index is 13.1. The van der Waals surface area contributed by atoms with Gasteiger partial charge in [0.2, 0.25) is 20.0 Å². The van der Waals surface area contributed by atoms with E-state index in [-0.39, 0.29) is 62.3 Å². The van der Waals surface area contributed by atoms with E-state index in [0.29, 0.717) is 27.3 Å². The van der Waals surface area contributed by atoms with Gasteiger partial charge in [-0.1, -0.05) is 47.5 Å². The molecule has 6 aromatic rings. The average Bonchev–Trinajstić information content (AvgIpc) is 3.73. The first kappa shape index (κ1) is 45.5. The zero-order valence-electron chi connectivity index (χ0n) is 32.0. The first-order valence-electron chi connectivity index (χ1n) is 17.2. The molecule has 0 amide bonds. The van der Waals surface area contributed by atoms with Crippen molar-refractivity contribution in [3.63, 3.8) is 0 Å². The smallest absolute Gasteiger partial charge is 0.295 e. The number of benzene rings is 4. The van der Waals surface area contributed by atoms with Gasteiger partial charge in [0.1, 0.15) is 30.1 Å². The van der Waals surface area contributed by atoms with Crippen molar-refractivity contribution in [3.8, 4) is 11.5 Å². The monoisotopic (exact) mass is 918 g/mol. The predicted molar refractivity (Wildman–Crippen MR) is 221 cm³/mol. The fourth-order valence-electron chi connectivity index (χ4n) is 6.05. The van der Waals surface area contributed by atoms with E-state index >= 15 is 0 Å². The summed E-state index contributed by atoms with van der Waals surface area (Å²) >= 11 is 12.5. The summed E-state index contributed by atoms with van der Waals surface area (Å²) in [6, 6.07) is 18.5. The standard InChI is InChI=1S/C18H17ClF2N4O5S.C18H19ClF2N4O3S/c1-30-12-5-3-11(4-6-12)9-24(31(2,28)29)18-16-13(19)7-8-14(25(26)27)17(16)23(22-18)10-15(20)21;1-28-12-5-3-11(4-6-12)9-25(29(2,26)27)18-16-13(19)7-8-14(22)17(16)24(23-18)10-15(20)21/h3-8,15H,9-10H2,1-2H3;3-8,15H,9-10,22H2,1-2H3. The van der Waals surface area contributed by atoms with Gasteiger partial charge >= 0.3 is 0 Å². The molecule has 0 fully saturated rings. The number of nitrogens with zero attached hydrogens (tertiary/aromatic N) is 7. The maximum Gasteiger partial charge on any atom is 0.295 e. The molecule has 0 aliphatic rings. The van der Waals surface area contributed by atoms with Crippen molar-refractivity contribution in [1.82, 2.24) is 19.6 Å². The Balaban J connectivity index is 0.000000228. The molecule has 0 radical (unpaired) electrons. The van der Waals surface area contributed by atoms with Crippen LogP contribution in [0.15, 0.2) is 72.8 Å². The molecule has 322 valence electrons. The molecule has 16 nitrogen and oxygen atoms in total. The summed E-state index contributed by atoms with van der Waals surface area (Å²) < 4.78 is 116. The number of nitro benzene ring substituents is 1. The van der Waals surface area contributed by atoms with Crippen LogP contribution in [0.5, 0.6) is 11.5 Å². The molecule has 2 heterocycles. The summed E-state index contributed by atoms with van der Waals surface area (Å²) in [5.41, 5.74) is 6.69. The molecule has 2 N–H and O–H groups in total. The van der Waals surface area contributed by atoms with E-state index in [1.54, 1.807) is 48.5 Å². The number of nitrogens with two attached hydrogens (primary N) is 1. The Morgan fingerprint density at radius 1 is 0.700 bits per heavy atom. The Bertz CT molecular complexity index is 2740. The zero-order valence-corrected chi connectivity index (χ0v) is 35.1. The van der Waals surface area contributed by atoms with Crippen LogP contribution in [0.2, 0.25) is 10.0 Å². The number of alkyl halides is 4. The lowest BCUT2D eigenvalue weighted by Crippen LogP contribution is -2.30. The molecular weight excluding hydrogens is 883 g/mol. The third-order valence-electron chi connectivity index (χ3n) is 8.72. The summed E-state index contributed by atoms with van der Waals surface area (Å²) in [6.45, 7) is -2.00. The highest BCUT2D eigenvalue weighted by Gasteiger charge is 2.31. The van der Waals surface area contributed by atoms with Crippen LogP contribution in [-0.2, 0) is 46.2 Å². The largest absolute Gasteiger partial charge is 0.497 e. The van der Waals surface area contributed by atoms with Crippen molar-refractivity contribution in [2.45, 2.75) is 39.0 Å². The lowest BCUT2D eigenvalue weighted by Gasteiger charge is -2.21. The van der Waals surface area contributed by atoms with E-state index in [2.05, 4.69) is 10.2 Å². The first-order valence-corrected chi connectivity index (χ1v) is 21.6. The molecule has 24 heteroatoms. The van der Waals surface area contributed by atoms with Gasteiger partial charge < -0.3 is 15.2 Å². The van der Waals surface area contributed by atoms with Gasteiger partial charge in [-0.25, -0.2) is 47.7 Å². The number of nitro groups is 1. The van der Waals surface area contributed by atoms with Crippen LogP contribution < -0.4 is 23.8 Å². The highest BCUT2D eigenvalue weighted by molar-refractivity contribution is 7.92. The fourth-order valence-corrected chi connectivity index (χ4v) is 8.17. The van der Waals surface area contributed by atoms with E-state index < -0.39 is 56.6 Å². The fraction of sp³-hybridized carbons (Fsp3) is 0.278. The molecule has 0 aliphatic carbocycles. The topological polar surface area (TPSA) is 198 Å². The van der Waals surface area contributed by atoms with Gasteiger partial charge in [0, 0.05) is 6.07 Å². The van der Waals surface area contributed by atoms with Gasteiger partial charge in [0.25, 0.3) is 18.5 Å². The van der Waals surface area contributed by atoms with Crippen LogP contribution in [-0.4, -0.2) is 80.9 Å². The van der Waals surface area contributed by atoms with Crippen molar-refractivity contribution in [2.75, 3.05) is 41.1 Å². The van der Waals surface area contributed by atoms with Crippen molar-refractivity contribution in [1.29, 1.82) is 0 Å². The van der Waals surface area contributed by atoms with E-state index in [1.165, 1.54) is 32.4 Å². The van der Waals surface area contributed by atoms with Crippen molar-refractivity contribution in [2.24, 2.45) is 0 Å². The Kier molecular flexibility index (Phi) is 13.9. The molecule has 4 aromatic carbocycles. The molecule has 0 unspecified atom stereocenters. The van der Waals surface area contributed by atoms with Crippen LogP contribution in [0.1, 0.15) is 11.1 Å². The minimum absolute atomic E-state index is 0.0560.